The number of pyridine rings is 1. The van der Waals surface area contributed by atoms with Crippen molar-refractivity contribution in [1.82, 2.24) is 4.98 Å². The average molecular weight is 326 g/mol. The number of fused-ring (bicyclic) bond motifs is 1. The minimum absolute atomic E-state index is 0.219. The zero-order chi connectivity index (χ0) is 16.2. The van der Waals surface area contributed by atoms with Crippen molar-refractivity contribution in [1.29, 1.82) is 5.26 Å². The molecule has 3 rings (SSSR count). The van der Waals surface area contributed by atoms with E-state index in [1.165, 1.54) is 5.56 Å². The third-order valence-corrected chi connectivity index (χ3v) is 4.59. The van der Waals surface area contributed by atoms with E-state index in [9.17, 15) is 0 Å². The molecule has 0 radical (unpaired) electrons. The van der Waals surface area contributed by atoms with Gasteiger partial charge in [0.15, 0.2) is 0 Å². The number of rotatable bonds is 5. The molecule has 1 atom stereocenters. The molecule has 118 valence electrons. The molecule has 4 nitrogen and oxygen atoms in total. The zero-order valence-electron chi connectivity index (χ0n) is 13.2. The highest BCUT2D eigenvalue weighted by Crippen LogP contribution is 2.37. The van der Waals surface area contributed by atoms with E-state index in [2.05, 4.69) is 30.1 Å². The van der Waals surface area contributed by atoms with Gasteiger partial charge in [0, 0.05) is 29.5 Å². The van der Waals surface area contributed by atoms with Crippen LogP contribution in [0.4, 0.5) is 0 Å². The summed E-state index contributed by atoms with van der Waals surface area (Å²) in [4.78, 5) is 4.30. The molecule has 0 fully saturated rings. The first-order valence-corrected chi connectivity index (χ1v) is 8.62. The fourth-order valence-electron chi connectivity index (χ4n) is 2.59. The quantitative estimate of drug-likeness (QED) is 0.778. The molecule has 0 aliphatic carbocycles. The highest BCUT2D eigenvalue weighted by atomic mass is 32.2. The van der Waals surface area contributed by atoms with Crippen LogP contribution in [0.1, 0.15) is 30.5 Å². The van der Waals surface area contributed by atoms with E-state index in [1.54, 1.807) is 30.1 Å². The summed E-state index contributed by atoms with van der Waals surface area (Å²) in [6, 6.07) is 9.82. The van der Waals surface area contributed by atoms with Crippen molar-refractivity contribution < 1.29 is 9.47 Å². The van der Waals surface area contributed by atoms with Gasteiger partial charge in [0.2, 0.25) is 0 Å². The average Bonchev–Trinajstić information content (AvgIpc) is 2.92. The van der Waals surface area contributed by atoms with Crippen molar-refractivity contribution in [3.63, 3.8) is 0 Å². The Morgan fingerprint density at radius 2 is 2.30 bits per heavy atom. The maximum absolute atomic E-state index is 8.97. The molecule has 0 spiro atoms. The van der Waals surface area contributed by atoms with Gasteiger partial charge in [-0.25, -0.2) is 4.98 Å². The monoisotopic (exact) mass is 326 g/mol. The molecule has 1 aliphatic heterocycles. The largest absolute Gasteiger partial charge is 0.494 e. The van der Waals surface area contributed by atoms with Gasteiger partial charge in [0.25, 0.3) is 0 Å². The van der Waals surface area contributed by atoms with Crippen LogP contribution in [-0.2, 0) is 12.2 Å². The van der Waals surface area contributed by atoms with E-state index in [4.69, 9.17) is 14.7 Å². The lowest BCUT2D eigenvalue weighted by Gasteiger charge is -2.12. The van der Waals surface area contributed by atoms with E-state index < -0.39 is 0 Å². The fourth-order valence-corrected chi connectivity index (χ4v) is 3.47. The summed E-state index contributed by atoms with van der Waals surface area (Å²) in [7, 11) is 0. The van der Waals surface area contributed by atoms with Gasteiger partial charge in [-0.1, -0.05) is 0 Å². The molecular formula is C18H18N2O2S. The van der Waals surface area contributed by atoms with Crippen LogP contribution in [0.5, 0.6) is 11.5 Å². The van der Waals surface area contributed by atoms with Crippen molar-refractivity contribution in [3.05, 3.63) is 47.2 Å². The molecule has 2 heterocycles. The predicted molar refractivity (Wildman–Crippen MR) is 89.9 cm³/mol. The molecule has 5 heteroatoms. The minimum atomic E-state index is 0.219. The van der Waals surface area contributed by atoms with Crippen LogP contribution in [-0.4, -0.2) is 17.7 Å². The summed E-state index contributed by atoms with van der Waals surface area (Å²) in [5, 5.41) is 9.80. The van der Waals surface area contributed by atoms with Gasteiger partial charge in [-0.15, -0.1) is 11.8 Å². The zero-order valence-corrected chi connectivity index (χ0v) is 14.0. The van der Waals surface area contributed by atoms with Crippen LogP contribution >= 0.6 is 11.8 Å². The van der Waals surface area contributed by atoms with Gasteiger partial charge in [-0.3, -0.25) is 0 Å². The van der Waals surface area contributed by atoms with Crippen LogP contribution < -0.4 is 9.47 Å². The SMILES string of the molecule is CCOc1cc2c(cc1CSc1cc(C#N)ccn1)OC(C)C2. The van der Waals surface area contributed by atoms with E-state index in [1.807, 2.05) is 6.92 Å². The number of hydrogen-bond donors (Lipinski definition) is 0. The molecular weight excluding hydrogens is 308 g/mol. The van der Waals surface area contributed by atoms with Gasteiger partial charge in [0.1, 0.15) is 17.6 Å². The van der Waals surface area contributed by atoms with Crippen molar-refractivity contribution in [3.8, 4) is 17.6 Å². The normalized spacial score (nSPS) is 15.6. The molecule has 0 bridgehead atoms. The minimum Gasteiger partial charge on any atom is -0.494 e. The molecule has 1 unspecified atom stereocenters. The van der Waals surface area contributed by atoms with Crippen molar-refractivity contribution in [2.24, 2.45) is 0 Å². The number of nitriles is 1. The molecule has 0 N–H and O–H groups in total. The maximum Gasteiger partial charge on any atom is 0.123 e. The predicted octanol–water partition coefficient (Wildman–Crippen LogP) is 3.97. The first kappa shape index (κ1) is 15.7. The second kappa shape index (κ2) is 6.93. The Kier molecular flexibility index (Phi) is 4.73. The number of thioether (sulfide) groups is 1. The standard InChI is InChI=1S/C18H18N2O2S/c1-3-21-16-8-14-6-12(2)22-17(14)9-15(16)11-23-18-7-13(10-19)4-5-20-18/h4-5,7-9,12H,3,6,11H2,1-2H3. The Morgan fingerprint density at radius 1 is 1.43 bits per heavy atom. The second-order valence-corrected chi connectivity index (χ2v) is 6.41. The molecule has 0 amide bonds. The van der Waals surface area contributed by atoms with Gasteiger partial charge in [0.05, 0.1) is 23.3 Å². The van der Waals surface area contributed by atoms with Gasteiger partial charge < -0.3 is 9.47 Å². The molecule has 1 aliphatic rings. The van der Waals surface area contributed by atoms with Crippen molar-refractivity contribution in [2.45, 2.75) is 37.2 Å². The lowest BCUT2D eigenvalue weighted by molar-refractivity contribution is 0.254. The van der Waals surface area contributed by atoms with Crippen molar-refractivity contribution >= 4 is 11.8 Å². The summed E-state index contributed by atoms with van der Waals surface area (Å²) in [6.07, 6.45) is 2.81. The summed E-state index contributed by atoms with van der Waals surface area (Å²) >= 11 is 1.59. The van der Waals surface area contributed by atoms with Gasteiger partial charge >= 0.3 is 0 Å². The Balaban J connectivity index is 1.81. The molecule has 23 heavy (non-hydrogen) atoms. The lowest BCUT2D eigenvalue weighted by Crippen LogP contribution is -2.05. The molecule has 0 saturated heterocycles. The highest BCUT2D eigenvalue weighted by Gasteiger charge is 2.21. The summed E-state index contributed by atoms with van der Waals surface area (Å²) in [5.74, 6) is 2.59. The molecule has 2 aromatic rings. The third-order valence-electron chi connectivity index (χ3n) is 3.62. The second-order valence-electron chi connectivity index (χ2n) is 5.42. The number of hydrogen-bond acceptors (Lipinski definition) is 5. The summed E-state index contributed by atoms with van der Waals surface area (Å²) < 4.78 is 11.6. The van der Waals surface area contributed by atoms with Crippen LogP contribution in [0.3, 0.4) is 0 Å². The highest BCUT2D eigenvalue weighted by molar-refractivity contribution is 7.98. The summed E-state index contributed by atoms with van der Waals surface area (Å²) in [6.45, 7) is 4.70. The van der Waals surface area contributed by atoms with Crippen LogP contribution in [0.25, 0.3) is 0 Å². The molecule has 1 aromatic carbocycles. The fraction of sp³-hybridized carbons (Fsp3) is 0.333. The summed E-state index contributed by atoms with van der Waals surface area (Å²) in [5.41, 5.74) is 2.92. The first-order valence-electron chi connectivity index (χ1n) is 7.63. The van der Waals surface area contributed by atoms with Crippen LogP contribution in [0.2, 0.25) is 0 Å². The topological polar surface area (TPSA) is 55.1 Å². The Bertz CT molecular complexity index is 755. The molecule has 0 saturated carbocycles. The smallest absolute Gasteiger partial charge is 0.123 e. The maximum atomic E-state index is 8.97. The number of nitrogens with zero attached hydrogens (tertiary/aromatic N) is 2. The Labute approximate surface area is 140 Å². The van der Waals surface area contributed by atoms with E-state index in [0.717, 1.165) is 34.3 Å². The number of aromatic nitrogens is 1. The number of ether oxygens (including phenoxy) is 2. The number of benzene rings is 1. The van der Waals surface area contributed by atoms with E-state index >= 15 is 0 Å². The Hall–Kier alpha value is -2.19. The van der Waals surface area contributed by atoms with E-state index in [-0.39, 0.29) is 6.10 Å². The molecule has 1 aromatic heterocycles. The van der Waals surface area contributed by atoms with Crippen LogP contribution in [0.15, 0.2) is 35.5 Å². The van der Waals surface area contributed by atoms with Gasteiger partial charge in [-0.05, 0) is 38.1 Å². The lowest BCUT2D eigenvalue weighted by atomic mass is 10.1. The van der Waals surface area contributed by atoms with Gasteiger partial charge in [-0.2, -0.15) is 5.26 Å². The Morgan fingerprint density at radius 3 is 3.09 bits per heavy atom. The van der Waals surface area contributed by atoms with Crippen LogP contribution in [0, 0.1) is 11.3 Å². The first-order chi connectivity index (χ1) is 11.2. The third kappa shape index (κ3) is 3.59. The van der Waals surface area contributed by atoms with Crippen molar-refractivity contribution in [2.75, 3.05) is 6.61 Å². The van der Waals surface area contributed by atoms with E-state index in [0.29, 0.717) is 12.2 Å².